The molecule has 3 rings (SSSR count). The van der Waals surface area contributed by atoms with Crippen LogP contribution in [-0.2, 0) is 11.2 Å². The number of amides is 2. The zero-order valence-corrected chi connectivity index (χ0v) is 15.7. The average Bonchev–Trinajstić information content (AvgIpc) is 2.66. The van der Waals surface area contributed by atoms with Crippen LogP contribution in [0, 0.1) is 11.7 Å². The lowest BCUT2D eigenvalue weighted by atomic mass is 9.87. The lowest BCUT2D eigenvalue weighted by Gasteiger charge is -2.29. The van der Waals surface area contributed by atoms with Gasteiger partial charge in [0.05, 0.1) is 11.6 Å². The van der Waals surface area contributed by atoms with Gasteiger partial charge < -0.3 is 10.6 Å². The third-order valence-electron chi connectivity index (χ3n) is 5.04. The van der Waals surface area contributed by atoms with Crippen molar-refractivity contribution >= 4 is 11.8 Å². The minimum atomic E-state index is -0.730. The summed E-state index contributed by atoms with van der Waals surface area (Å²) in [5, 5.41) is 5.78. The van der Waals surface area contributed by atoms with Gasteiger partial charge in [-0.2, -0.15) is 0 Å². The van der Waals surface area contributed by atoms with Crippen molar-refractivity contribution in [3.8, 4) is 0 Å². The third-order valence-corrected chi connectivity index (χ3v) is 5.04. The maximum Gasteiger partial charge on any atom is 0.254 e. The van der Waals surface area contributed by atoms with Crippen LogP contribution < -0.4 is 10.6 Å². The quantitative estimate of drug-likeness (QED) is 0.844. The standard InChI is InChI=1S/C22H25FN2O2/c1-14(2)20(25-21(26)17-11-5-6-12-18(17)23)22(27)24-19-13-7-9-15-8-3-4-10-16(15)19/h3-6,8,10-12,14,19-20H,7,9,13H2,1-2H3,(H,24,27)(H,25,26). The van der Waals surface area contributed by atoms with Gasteiger partial charge >= 0.3 is 0 Å². The monoisotopic (exact) mass is 368 g/mol. The van der Waals surface area contributed by atoms with Gasteiger partial charge in [0.15, 0.2) is 0 Å². The molecule has 4 nitrogen and oxygen atoms in total. The van der Waals surface area contributed by atoms with Crippen molar-refractivity contribution in [1.82, 2.24) is 10.6 Å². The fourth-order valence-electron chi connectivity index (χ4n) is 3.56. The van der Waals surface area contributed by atoms with Gasteiger partial charge in [0.2, 0.25) is 5.91 Å². The average molecular weight is 368 g/mol. The van der Waals surface area contributed by atoms with E-state index in [0.717, 1.165) is 24.8 Å². The SMILES string of the molecule is CC(C)C(NC(=O)c1ccccc1F)C(=O)NC1CCCc2ccccc21. The van der Waals surface area contributed by atoms with Gasteiger partial charge in [-0.3, -0.25) is 9.59 Å². The summed E-state index contributed by atoms with van der Waals surface area (Å²) in [5.74, 6) is -1.54. The highest BCUT2D eigenvalue weighted by molar-refractivity contribution is 5.97. The van der Waals surface area contributed by atoms with Crippen LogP contribution in [0.15, 0.2) is 48.5 Å². The molecule has 2 aromatic carbocycles. The maximum atomic E-state index is 13.9. The molecule has 0 radical (unpaired) electrons. The molecule has 0 heterocycles. The summed E-state index contributed by atoms with van der Waals surface area (Å²) in [6.07, 6.45) is 2.89. The second-order valence-electron chi connectivity index (χ2n) is 7.33. The molecule has 1 aliphatic carbocycles. The Labute approximate surface area is 159 Å². The van der Waals surface area contributed by atoms with E-state index in [4.69, 9.17) is 0 Å². The fraction of sp³-hybridized carbons (Fsp3) is 0.364. The highest BCUT2D eigenvalue weighted by Gasteiger charge is 2.29. The van der Waals surface area contributed by atoms with Crippen molar-refractivity contribution in [3.63, 3.8) is 0 Å². The van der Waals surface area contributed by atoms with Crippen LogP contribution in [0.5, 0.6) is 0 Å². The predicted molar refractivity (Wildman–Crippen MR) is 103 cm³/mol. The highest BCUT2D eigenvalue weighted by Crippen LogP contribution is 2.29. The Balaban J connectivity index is 1.73. The first-order chi connectivity index (χ1) is 13.0. The Kier molecular flexibility index (Phi) is 5.89. The number of carbonyl (C=O) groups is 2. The van der Waals surface area contributed by atoms with E-state index >= 15 is 0 Å². The Bertz CT molecular complexity index is 835. The molecule has 2 amide bonds. The summed E-state index contributed by atoms with van der Waals surface area (Å²) < 4.78 is 13.9. The van der Waals surface area contributed by atoms with E-state index in [0.29, 0.717) is 0 Å². The van der Waals surface area contributed by atoms with Gasteiger partial charge in [0.1, 0.15) is 11.9 Å². The normalized spacial score (nSPS) is 17.1. The van der Waals surface area contributed by atoms with E-state index in [1.54, 1.807) is 6.07 Å². The topological polar surface area (TPSA) is 58.2 Å². The summed E-state index contributed by atoms with van der Waals surface area (Å²) in [6, 6.07) is 13.1. The second-order valence-corrected chi connectivity index (χ2v) is 7.33. The molecule has 0 bridgehead atoms. The first-order valence-corrected chi connectivity index (χ1v) is 9.41. The lowest BCUT2D eigenvalue weighted by Crippen LogP contribution is -2.50. The summed E-state index contributed by atoms with van der Waals surface area (Å²) in [6.45, 7) is 3.72. The molecule has 2 aromatic rings. The Morgan fingerprint density at radius 1 is 1.07 bits per heavy atom. The molecule has 1 aliphatic rings. The number of rotatable bonds is 5. The van der Waals surface area contributed by atoms with Gasteiger partial charge in [-0.05, 0) is 48.4 Å². The number of aryl methyl sites for hydroxylation is 1. The van der Waals surface area contributed by atoms with Gasteiger partial charge in [0, 0.05) is 0 Å². The number of nitrogens with one attached hydrogen (secondary N) is 2. The fourth-order valence-corrected chi connectivity index (χ4v) is 3.56. The van der Waals surface area contributed by atoms with Crippen molar-refractivity contribution in [2.24, 2.45) is 5.92 Å². The molecule has 0 saturated carbocycles. The van der Waals surface area contributed by atoms with Gasteiger partial charge in [-0.15, -0.1) is 0 Å². The number of benzene rings is 2. The predicted octanol–water partition coefficient (Wildman–Crippen LogP) is 3.77. The number of hydrogen-bond donors (Lipinski definition) is 2. The highest BCUT2D eigenvalue weighted by atomic mass is 19.1. The van der Waals surface area contributed by atoms with Gasteiger partial charge in [0.25, 0.3) is 5.91 Å². The van der Waals surface area contributed by atoms with Crippen LogP contribution in [0.4, 0.5) is 4.39 Å². The minimum absolute atomic E-state index is 0.0565. The molecule has 0 aromatic heterocycles. The molecule has 0 aliphatic heterocycles. The Hall–Kier alpha value is -2.69. The number of hydrogen-bond acceptors (Lipinski definition) is 2. The summed E-state index contributed by atoms with van der Waals surface area (Å²) in [7, 11) is 0. The molecule has 2 unspecified atom stereocenters. The molecule has 2 N–H and O–H groups in total. The van der Waals surface area contributed by atoms with Crippen LogP contribution in [0.3, 0.4) is 0 Å². The van der Waals surface area contributed by atoms with Crippen molar-refractivity contribution in [3.05, 3.63) is 71.0 Å². The molecule has 0 spiro atoms. The van der Waals surface area contributed by atoms with Crippen molar-refractivity contribution in [2.75, 3.05) is 0 Å². The summed E-state index contributed by atoms with van der Waals surface area (Å²) in [4.78, 5) is 25.3. The smallest absolute Gasteiger partial charge is 0.254 e. The van der Waals surface area contributed by atoms with E-state index in [2.05, 4.69) is 16.7 Å². The largest absolute Gasteiger partial charge is 0.347 e. The van der Waals surface area contributed by atoms with E-state index in [1.807, 2.05) is 32.0 Å². The molecule has 0 saturated heterocycles. The summed E-state index contributed by atoms with van der Waals surface area (Å²) >= 11 is 0. The molecule has 5 heteroatoms. The van der Waals surface area contributed by atoms with Crippen LogP contribution in [0.1, 0.15) is 54.2 Å². The number of carbonyl (C=O) groups excluding carboxylic acids is 2. The van der Waals surface area contributed by atoms with Crippen LogP contribution in [0.2, 0.25) is 0 Å². The molecule has 2 atom stereocenters. The van der Waals surface area contributed by atoms with E-state index in [9.17, 15) is 14.0 Å². The zero-order chi connectivity index (χ0) is 19.4. The van der Waals surface area contributed by atoms with E-state index in [-0.39, 0.29) is 23.4 Å². The first-order valence-electron chi connectivity index (χ1n) is 9.41. The van der Waals surface area contributed by atoms with Crippen LogP contribution in [-0.4, -0.2) is 17.9 Å². The van der Waals surface area contributed by atoms with Crippen molar-refractivity contribution in [2.45, 2.75) is 45.2 Å². The van der Waals surface area contributed by atoms with Crippen molar-refractivity contribution < 1.29 is 14.0 Å². The molecule has 142 valence electrons. The third kappa shape index (κ3) is 4.35. The van der Waals surface area contributed by atoms with Crippen molar-refractivity contribution in [1.29, 1.82) is 0 Å². The zero-order valence-electron chi connectivity index (χ0n) is 15.7. The molecular weight excluding hydrogens is 343 g/mol. The lowest BCUT2D eigenvalue weighted by molar-refractivity contribution is -0.124. The number of halogens is 1. The maximum absolute atomic E-state index is 13.9. The van der Waals surface area contributed by atoms with Gasteiger partial charge in [-0.25, -0.2) is 4.39 Å². The minimum Gasteiger partial charge on any atom is -0.347 e. The Morgan fingerprint density at radius 3 is 2.52 bits per heavy atom. The molecular formula is C22H25FN2O2. The van der Waals surface area contributed by atoms with Gasteiger partial charge in [-0.1, -0.05) is 50.2 Å². The molecule has 0 fully saturated rings. The Morgan fingerprint density at radius 2 is 1.78 bits per heavy atom. The van der Waals surface area contributed by atoms with Crippen LogP contribution >= 0.6 is 0 Å². The summed E-state index contributed by atoms with van der Waals surface area (Å²) in [5.41, 5.74) is 2.34. The first kappa shape index (κ1) is 19.1. The second kappa shape index (κ2) is 8.33. The number of fused-ring (bicyclic) bond motifs is 1. The van der Waals surface area contributed by atoms with Crippen LogP contribution in [0.25, 0.3) is 0 Å². The van der Waals surface area contributed by atoms with E-state index in [1.165, 1.54) is 23.8 Å². The molecule has 27 heavy (non-hydrogen) atoms. The van der Waals surface area contributed by atoms with E-state index < -0.39 is 17.8 Å².